The Hall–Kier alpha value is -6.54. The first-order valence-electron chi connectivity index (χ1n) is 24.0. The molecule has 398 valence electrons. The van der Waals surface area contributed by atoms with E-state index in [0.717, 1.165) is 32.7 Å². The highest BCUT2D eigenvalue weighted by Crippen LogP contribution is 2.60. The molecule has 0 aromatic heterocycles. The molecular formula is C56H50Br2F6N4O8. The van der Waals surface area contributed by atoms with Crippen LogP contribution in [0.4, 0.5) is 43.4 Å². The van der Waals surface area contributed by atoms with Crippen LogP contribution in [0.2, 0.25) is 0 Å². The Labute approximate surface area is 450 Å². The summed E-state index contributed by atoms with van der Waals surface area (Å²) in [5.41, 5.74) is 5.90. The molecule has 2 saturated carbocycles. The number of alkyl halides is 8. The van der Waals surface area contributed by atoms with E-state index in [9.17, 15) is 64.7 Å². The highest BCUT2D eigenvalue weighted by atomic mass is 79.9. The lowest BCUT2D eigenvalue weighted by Gasteiger charge is -2.44. The van der Waals surface area contributed by atoms with E-state index >= 15 is 0 Å². The molecule has 4 aliphatic heterocycles. The number of hydrogen-bond acceptors (Lipinski definition) is 8. The molecule has 6 aliphatic carbocycles. The predicted octanol–water partition coefficient (Wildman–Crippen LogP) is 10.4. The number of anilines is 3. The van der Waals surface area contributed by atoms with Gasteiger partial charge in [-0.15, -0.1) is 0 Å². The molecule has 76 heavy (non-hydrogen) atoms. The lowest BCUT2D eigenvalue weighted by molar-refractivity contribution is -0.138. The van der Waals surface area contributed by atoms with Gasteiger partial charge in [0.05, 0.1) is 64.4 Å². The summed E-state index contributed by atoms with van der Waals surface area (Å²) in [4.78, 5) is 115. The van der Waals surface area contributed by atoms with Crippen LogP contribution in [0.5, 0.6) is 0 Å². The van der Waals surface area contributed by atoms with Crippen LogP contribution >= 0.6 is 31.9 Å². The van der Waals surface area contributed by atoms with E-state index in [-0.39, 0.29) is 61.1 Å². The third kappa shape index (κ3) is 9.68. The molecule has 0 N–H and O–H groups in total. The first kappa shape index (κ1) is 55.7. The summed E-state index contributed by atoms with van der Waals surface area (Å²) >= 11 is 5.88. The quantitative estimate of drug-likeness (QED) is 0.0830. The van der Waals surface area contributed by atoms with Crippen LogP contribution in [-0.2, 0) is 38.4 Å². The van der Waals surface area contributed by atoms with Crippen LogP contribution in [0.3, 0.4) is 0 Å². The van der Waals surface area contributed by atoms with Gasteiger partial charge in [-0.3, -0.25) is 58.0 Å². The zero-order chi connectivity index (χ0) is 55.6. The average Bonchev–Trinajstić information content (AvgIpc) is 4.08. The maximum absolute atomic E-state index is 14.2. The van der Waals surface area contributed by atoms with Crippen molar-refractivity contribution in [2.45, 2.75) is 33.1 Å². The second-order valence-electron chi connectivity index (χ2n) is 19.6. The normalized spacial score (nSPS) is 29.2. The van der Waals surface area contributed by atoms with Crippen molar-refractivity contribution in [2.75, 3.05) is 33.4 Å². The molecule has 12 unspecified atom stereocenters. The summed E-state index contributed by atoms with van der Waals surface area (Å²) in [5.74, 6) is -7.10. The van der Waals surface area contributed by atoms with Crippen molar-refractivity contribution in [1.82, 2.24) is 4.90 Å². The van der Waals surface area contributed by atoms with Gasteiger partial charge in [0.15, 0.2) is 0 Å². The summed E-state index contributed by atoms with van der Waals surface area (Å²) < 4.78 is 62.1. The van der Waals surface area contributed by atoms with Crippen LogP contribution in [0.15, 0.2) is 121 Å². The molecule has 6 fully saturated rings. The highest BCUT2D eigenvalue weighted by molar-refractivity contribution is 9.09. The van der Waals surface area contributed by atoms with Gasteiger partial charge < -0.3 is 0 Å². The lowest BCUT2D eigenvalue weighted by Crippen LogP contribution is -2.50. The summed E-state index contributed by atoms with van der Waals surface area (Å²) in [7, 11) is 1.46. The summed E-state index contributed by atoms with van der Waals surface area (Å²) in [6.45, 7) is 2.39. The third-order valence-electron chi connectivity index (χ3n) is 15.3. The van der Waals surface area contributed by atoms with Gasteiger partial charge in [-0.2, -0.15) is 26.3 Å². The lowest BCUT2D eigenvalue weighted by atomic mass is 9.54. The third-order valence-corrected chi connectivity index (χ3v) is 15.3. The number of nitrogens with zero attached hydrogens (tertiary/aromatic N) is 4. The van der Waals surface area contributed by atoms with Gasteiger partial charge in [-0.25, -0.2) is 0 Å². The highest BCUT2D eigenvalue weighted by Gasteiger charge is 2.70. The van der Waals surface area contributed by atoms with Crippen molar-refractivity contribution in [1.29, 1.82) is 0 Å². The zero-order valence-electron chi connectivity index (χ0n) is 41.6. The number of benzene rings is 4. The van der Waals surface area contributed by atoms with Gasteiger partial charge in [0.1, 0.15) is 0 Å². The van der Waals surface area contributed by atoms with E-state index < -0.39 is 83.4 Å². The Morgan fingerprint density at radius 2 is 0.513 bits per heavy atom. The van der Waals surface area contributed by atoms with Crippen molar-refractivity contribution in [3.8, 4) is 22.3 Å². The monoisotopic (exact) mass is 1180 g/mol. The molecule has 12 nitrogen and oxygen atoms in total. The smallest absolute Gasteiger partial charge is 0.285 e. The first-order chi connectivity index (χ1) is 35.9. The van der Waals surface area contributed by atoms with Crippen molar-refractivity contribution in [3.63, 3.8) is 0 Å². The van der Waals surface area contributed by atoms with E-state index in [2.05, 4.69) is 31.9 Å². The molecule has 4 saturated heterocycles. The second-order valence-corrected chi connectivity index (χ2v) is 19.6. The fourth-order valence-corrected chi connectivity index (χ4v) is 12.5. The number of imide groups is 4. The van der Waals surface area contributed by atoms with E-state index in [1.807, 2.05) is 79.3 Å². The van der Waals surface area contributed by atoms with Gasteiger partial charge in [-0.1, -0.05) is 122 Å². The molecule has 12 atom stereocenters. The summed E-state index contributed by atoms with van der Waals surface area (Å²) in [6.07, 6.45) is -0.613. The van der Waals surface area contributed by atoms with Crippen molar-refractivity contribution < 1.29 is 64.7 Å². The molecule has 0 radical (unpaired) electrons. The van der Waals surface area contributed by atoms with Crippen LogP contribution in [0.25, 0.3) is 22.3 Å². The van der Waals surface area contributed by atoms with E-state index in [1.54, 1.807) is 60.7 Å². The van der Waals surface area contributed by atoms with Gasteiger partial charge in [-0.05, 0) is 77.2 Å². The Morgan fingerprint density at radius 1 is 0.342 bits per heavy atom. The van der Waals surface area contributed by atoms with Crippen LogP contribution in [-0.4, -0.2) is 83.2 Å². The van der Waals surface area contributed by atoms with Gasteiger partial charge in [0.25, 0.3) is 0 Å². The minimum Gasteiger partial charge on any atom is -0.285 e. The number of hydrogen-bond donors (Lipinski definition) is 0. The molecule has 4 aromatic carbocycles. The van der Waals surface area contributed by atoms with Crippen LogP contribution in [0, 0.1) is 77.9 Å². The van der Waals surface area contributed by atoms with E-state index in [1.165, 1.54) is 21.7 Å². The Bertz CT molecular complexity index is 2930. The molecule has 4 bridgehead atoms. The molecule has 14 rings (SSSR count). The first-order valence-corrected chi connectivity index (χ1v) is 27.2. The molecule has 4 aromatic rings. The number of aryl methyl sites for hydroxylation is 1. The fourth-order valence-electron chi connectivity index (χ4n) is 12.5. The molecule has 4 heterocycles. The number of halogens is 8. The minimum absolute atomic E-state index is 0.188. The molecule has 20 heteroatoms. The Kier molecular flexibility index (Phi) is 15.5. The summed E-state index contributed by atoms with van der Waals surface area (Å²) in [5, 5.41) is 0. The Morgan fingerprint density at radius 3 is 0.711 bits per heavy atom. The number of carbonyl (C=O) groups is 8. The SMILES string of the molecule is CBr.CBr.CC(F)(F)F.CC(F)(F)F.Cc1ccc(-c2ccc(N3C(=O)C4C5C=CC(C4C3=O)C3C(=O)N(c4ccc(-c6ccc(N7C(=O)C8C9C=CC(C%10C(=O)N(C)C(=O)C9%10)C8C7=O)cc6)cc4)C(=O)C53)cc2)cc1. The molecule has 0 spiro atoms. The number of amides is 8. The minimum atomic E-state index is -4.00. The molecular weight excluding hydrogens is 1130 g/mol. The average molecular weight is 1180 g/mol. The largest absolute Gasteiger partial charge is 0.386 e. The topological polar surface area (TPSA) is 150 Å². The number of likely N-dealkylation sites (tertiary alicyclic amines) is 1. The summed E-state index contributed by atoms with van der Waals surface area (Å²) in [6, 6.07) is 29.4. The maximum Gasteiger partial charge on any atom is 0.386 e. The standard InChI is InChI=1S/C50H38N4O8.2C2H3F3.2CH3Br/c1-23-3-5-24(6-4-23)25-7-13-28(14-8-25)53-47(59)39-33-21-22-34(40(39)48(53)60)42-41(33)49(61)54(50(42)62)30-17-11-27(12-18-30)26-9-15-29(16-10-26)52-45(57)37-31-19-20-32(38(37)46(52)58)36-35(31)43(55)51(2)44(36)56;2*1-2(3,4)5;2*1-2/h3-22,31-42H,1-2H3;2*1H3;2*1H3. The molecule has 10 aliphatic rings. The van der Waals surface area contributed by atoms with Crippen molar-refractivity contribution >= 4 is 96.2 Å². The molecule has 8 amide bonds. The van der Waals surface area contributed by atoms with Gasteiger partial charge >= 0.3 is 12.4 Å². The number of carbonyl (C=O) groups excluding carboxylic acids is 8. The van der Waals surface area contributed by atoms with Crippen molar-refractivity contribution in [2.24, 2.45) is 71.0 Å². The second kappa shape index (κ2) is 21.1. The van der Waals surface area contributed by atoms with Gasteiger partial charge in [0, 0.05) is 44.6 Å². The maximum atomic E-state index is 14.2. The van der Waals surface area contributed by atoms with E-state index in [0.29, 0.717) is 17.1 Å². The fraction of sp³-hybridized carbons (Fsp3) is 0.357. The van der Waals surface area contributed by atoms with E-state index in [4.69, 9.17) is 0 Å². The number of rotatable bonds is 5. The number of allylic oxidation sites excluding steroid dienone is 4. The van der Waals surface area contributed by atoms with Crippen LogP contribution in [0.1, 0.15) is 19.4 Å². The zero-order valence-corrected chi connectivity index (χ0v) is 44.7. The predicted molar refractivity (Wildman–Crippen MR) is 277 cm³/mol. The van der Waals surface area contributed by atoms with Crippen molar-refractivity contribution in [3.05, 3.63) is 127 Å². The Balaban J connectivity index is 0.000000494. The van der Waals surface area contributed by atoms with Gasteiger partial charge in [0.2, 0.25) is 47.3 Å². The van der Waals surface area contributed by atoms with Crippen LogP contribution < -0.4 is 14.7 Å².